The molecule has 0 atom stereocenters. The molecule has 1 aliphatic heterocycles. The molecule has 0 spiro atoms. The number of hydrogen-bond acceptors (Lipinski definition) is 4. The first kappa shape index (κ1) is 17.1. The van der Waals surface area contributed by atoms with Crippen LogP contribution in [-0.4, -0.2) is 49.0 Å². The van der Waals surface area contributed by atoms with Crippen LogP contribution in [0.3, 0.4) is 0 Å². The van der Waals surface area contributed by atoms with Crippen molar-refractivity contribution in [2.24, 2.45) is 0 Å². The van der Waals surface area contributed by atoms with Gasteiger partial charge < -0.3 is 9.64 Å². The summed E-state index contributed by atoms with van der Waals surface area (Å²) in [4.78, 5) is 17.4. The molecule has 1 fully saturated rings. The molecule has 0 saturated carbocycles. The van der Waals surface area contributed by atoms with Gasteiger partial charge in [0.15, 0.2) is 0 Å². The van der Waals surface area contributed by atoms with Gasteiger partial charge in [0.25, 0.3) is 5.91 Å². The Morgan fingerprint density at radius 1 is 1.08 bits per heavy atom. The summed E-state index contributed by atoms with van der Waals surface area (Å²) in [7, 11) is 1.62. The number of ether oxygens (including phenoxy) is 1. The lowest BCUT2D eigenvalue weighted by molar-refractivity contribution is 0.0625. The summed E-state index contributed by atoms with van der Waals surface area (Å²) in [5.41, 5.74) is 2.00. The molecule has 1 amide bonds. The Balaban J connectivity index is 1.49. The van der Waals surface area contributed by atoms with Crippen LogP contribution in [0.1, 0.15) is 15.9 Å². The molecule has 0 radical (unpaired) electrons. The third kappa shape index (κ3) is 3.45. The van der Waals surface area contributed by atoms with Crippen LogP contribution < -0.4 is 4.74 Å². The van der Waals surface area contributed by atoms with E-state index in [4.69, 9.17) is 4.74 Å². The lowest BCUT2D eigenvalue weighted by Gasteiger charge is -2.34. The number of rotatable bonds is 4. The largest absolute Gasteiger partial charge is 0.496 e. The van der Waals surface area contributed by atoms with Gasteiger partial charge in [-0.3, -0.25) is 9.69 Å². The summed E-state index contributed by atoms with van der Waals surface area (Å²) in [6, 6.07) is 14.1. The van der Waals surface area contributed by atoms with E-state index >= 15 is 0 Å². The van der Waals surface area contributed by atoms with Gasteiger partial charge in [0, 0.05) is 32.7 Å². The number of hydrogen-bond donors (Lipinski definition) is 0. The van der Waals surface area contributed by atoms with Crippen LogP contribution in [0.15, 0.2) is 53.2 Å². The molecule has 0 unspecified atom stereocenters. The van der Waals surface area contributed by atoms with Crippen molar-refractivity contribution in [3.8, 4) is 5.75 Å². The number of carbonyl (C=O) groups is 1. The van der Waals surface area contributed by atoms with E-state index in [1.54, 1.807) is 18.4 Å². The van der Waals surface area contributed by atoms with E-state index in [2.05, 4.69) is 21.7 Å². The minimum Gasteiger partial charge on any atom is -0.496 e. The highest BCUT2D eigenvalue weighted by atomic mass is 32.1. The molecular weight excluding hydrogens is 344 g/mol. The number of carbonyl (C=O) groups excluding carboxylic acids is 1. The maximum absolute atomic E-state index is 13.1. The van der Waals surface area contributed by atoms with Gasteiger partial charge in [-0.25, -0.2) is 0 Å². The first-order chi connectivity index (χ1) is 12.7. The number of methoxy groups -OCH3 is 1. The molecule has 3 aromatic rings. The van der Waals surface area contributed by atoms with E-state index in [-0.39, 0.29) is 5.91 Å². The molecule has 2 aromatic carbocycles. The zero-order valence-corrected chi connectivity index (χ0v) is 15.7. The molecule has 1 aliphatic rings. The van der Waals surface area contributed by atoms with E-state index in [1.165, 1.54) is 5.56 Å². The molecular formula is C21H22N2O2S. The summed E-state index contributed by atoms with van der Waals surface area (Å²) in [6.07, 6.45) is 0. The third-order valence-corrected chi connectivity index (χ3v) is 5.68. The zero-order valence-electron chi connectivity index (χ0n) is 14.9. The second-order valence-electron chi connectivity index (χ2n) is 6.60. The second-order valence-corrected chi connectivity index (χ2v) is 7.38. The minimum atomic E-state index is 0.0581. The number of amides is 1. The van der Waals surface area contributed by atoms with Gasteiger partial charge in [-0.2, -0.15) is 11.3 Å². The van der Waals surface area contributed by atoms with Gasteiger partial charge >= 0.3 is 0 Å². The molecule has 2 heterocycles. The van der Waals surface area contributed by atoms with Crippen molar-refractivity contribution in [2.75, 3.05) is 33.3 Å². The molecule has 1 saturated heterocycles. The van der Waals surface area contributed by atoms with Crippen molar-refractivity contribution in [3.63, 3.8) is 0 Å². The third-order valence-electron chi connectivity index (χ3n) is 4.94. The molecule has 4 rings (SSSR count). The lowest BCUT2D eigenvalue weighted by atomic mass is 10.0. The van der Waals surface area contributed by atoms with E-state index < -0.39 is 0 Å². The van der Waals surface area contributed by atoms with Crippen molar-refractivity contribution in [1.29, 1.82) is 0 Å². The van der Waals surface area contributed by atoms with E-state index in [1.807, 2.05) is 41.3 Å². The molecule has 0 N–H and O–H groups in total. The fraction of sp³-hybridized carbons (Fsp3) is 0.286. The topological polar surface area (TPSA) is 32.8 Å². The number of nitrogens with zero attached hydrogens (tertiary/aromatic N) is 2. The maximum atomic E-state index is 13.1. The van der Waals surface area contributed by atoms with Crippen LogP contribution in [0, 0.1) is 0 Å². The Kier molecular flexibility index (Phi) is 4.91. The Hall–Kier alpha value is -2.37. The van der Waals surface area contributed by atoms with E-state index in [9.17, 15) is 4.79 Å². The Labute approximate surface area is 157 Å². The van der Waals surface area contributed by atoms with Crippen molar-refractivity contribution in [1.82, 2.24) is 9.80 Å². The van der Waals surface area contributed by atoms with Gasteiger partial charge in [-0.15, -0.1) is 0 Å². The Bertz CT molecular complexity index is 900. The molecule has 134 valence electrons. The van der Waals surface area contributed by atoms with Gasteiger partial charge in [0.1, 0.15) is 5.75 Å². The van der Waals surface area contributed by atoms with Crippen LogP contribution in [0.5, 0.6) is 5.75 Å². The van der Waals surface area contributed by atoms with Crippen molar-refractivity contribution < 1.29 is 9.53 Å². The number of fused-ring (bicyclic) bond motifs is 1. The van der Waals surface area contributed by atoms with Crippen molar-refractivity contribution in [3.05, 3.63) is 64.4 Å². The summed E-state index contributed by atoms with van der Waals surface area (Å²) < 4.78 is 5.50. The van der Waals surface area contributed by atoms with Gasteiger partial charge in [-0.05, 0) is 45.3 Å². The molecule has 0 aliphatic carbocycles. The fourth-order valence-electron chi connectivity index (χ4n) is 3.48. The summed E-state index contributed by atoms with van der Waals surface area (Å²) in [6.45, 7) is 4.26. The average Bonchev–Trinajstić information content (AvgIpc) is 3.20. The molecule has 1 aromatic heterocycles. The number of thiophene rings is 1. The van der Waals surface area contributed by atoms with Crippen LogP contribution in [0.4, 0.5) is 0 Å². The molecule has 5 heteroatoms. The highest BCUT2D eigenvalue weighted by Gasteiger charge is 2.24. The number of benzene rings is 2. The summed E-state index contributed by atoms with van der Waals surface area (Å²) in [5.74, 6) is 0.706. The standard InChI is InChI=1S/C21H22N2O2S/c1-25-20-13-18-5-3-2-4-17(18)12-19(20)21(24)23-9-7-22(8-10-23)14-16-6-11-26-15-16/h2-6,11-13,15H,7-10,14H2,1H3. The number of piperazine rings is 1. The first-order valence-corrected chi connectivity index (χ1v) is 9.78. The smallest absolute Gasteiger partial charge is 0.257 e. The first-order valence-electron chi connectivity index (χ1n) is 8.84. The van der Waals surface area contributed by atoms with Crippen molar-refractivity contribution in [2.45, 2.75) is 6.54 Å². The average molecular weight is 366 g/mol. The molecule has 0 bridgehead atoms. The quantitative estimate of drug-likeness (QED) is 0.703. The fourth-order valence-corrected chi connectivity index (χ4v) is 4.14. The van der Waals surface area contributed by atoms with Crippen molar-refractivity contribution >= 4 is 28.0 Å². The molecule has 26 heavy (non-hydrogen) atoms. The zero-order chi connectivity index (χ0) is 17.9. The maximum Gasteiger partial charge on any atom is 0.257 e. The highest BCUT2D eigenvalue weighted by molar-refractivity contribution is 7.07. The Morgan fingerprint density at radius 2 is 1.81 bits per heavy atom. The summed E-state index contributed by atoms with van der Waals surface area (Å²) >= 11 is 1.73. The highest BCUT2D eigenvalue weighted by Crippen LogP contribution is 2.27. The SMILES string of the molecule is COc1cc2ccccc2cc1C(=O)N1CCN(Cc2ccsc2)CC1. The van der Waals surface area contributed by atoms with Crippen LogP contribution in [0.25, 0.3) is 10.8 Å². The minimum absolute atomic E-state index is 0.0581. The van der Waals surface area contributed by atoms with Crippen LogP contribution >= 0.6 is 11.3 Å². The monoisotopic (exact) mass is 366 g/mol. The molecule has 4 nitrogen and oxygen atoms in total. The van der Waals surface area contributed by atoms with E-state index in [0.717, 1.165) is 43.5 Å². The van der Waals surface area contributed by atoms with Gasteiger partial charge in [-0.1, -0.05) is 24.3 Å². The normalized spacial score (nSPS) is 15.3. The predicted molar refractivity (Wildman–Crippen MR) is 106 cm³/mol. The van der Waals surface area contributed by atoms with Gasteiger partial charge in [0.05, 0.1) is 12.7 Å². The Morgan fingerprint density at radius 3 is 2.46 bits per heavy atom. The van der Waals surface area contributed by atoms with Gasteiger partial charge in [0.2, 0.25) is 0 Å². The lowest BCUT2D eigenvalue weighted by Crippen LogP contribution is -2.48. The van der Waals surface area contributed by atoms with Crippen LogP contribution in [0.2, 0.25) is 0 Å². The van der Waals surface area contributed by atoms with Crippen LogP contribution in [-0.2, 0) is 6.54 Å². The second kappa shape index (κ2) is 7.48. The predicted octanol–water partition coefficient (Wildman–Crippen LogP) is 3.87. The van der Waals surface area contributed by atoms with E-state index in [0.29, 0.717) is 11.3 Å². The summed E-state index contributed by atoms with van der Waals surface area (Å²) in [5, 5.41) is 6.45.